The number of nitrogens with one attached hydrogen (secondary N) is 2. The van der Waals surface area contributed by atoms with Gasteiger partial charge in [0, 0.05) is 12.1 Å². The van der Waals surface area contributed by atoms with Gasteiger partial charge in [0.2, 0.25) is 12.7 Å². The second-order valence-corrected chi connectivity index (χ2v) is 7.06. The standard InChI is InChI=1S/C20H22N2O4S/c1-27-10-9-16(22-19(23)15-5-3-2-4-6-15)20(24)21-12-14-7-8-17-18(11-14)26-13-25-17/h2-8,11,16H,9-10,12-13H2,1H3,(H,21,24)(H,22,23)/t16-/m0/s1. The first-order valence-corrected chi connectivity index (χ1v) is 10.1. The average molecular weight is 386 g/mol. The highest BCUT2D eigenvalue weighted by Crippen LogP contribution is 2.32. The Labute approximate surface area is 162 Å². The number of thioether (sulfide) groups is 1. The smallest absolute Gasteiger partial charge is 0.251 e. The van der Waals surface area contributed by atoms with Crippen molar-refractivity contribution in [1.82, 2.24) is 10.6 Å². The first kappa shape index (κ1) is 19.1. The van der Waals surface area contributed by atoms with Crippen molar-refractivity contribution in [3.8, 4) is 11.5 Å². The predicted molar refractivity (Wildman–Crippen MR) is 105 cm³/mol. The van der Waals surface area contributed by atoms with Crippen LogP contribution in [0.3, 0.4) is 0 Å². The van der Waals surface area contributed by atoms with Crippen LogP contribution in [0, 0.1) is 0 Å². The monoisotopic (exact) mass is 386 g/mol. The molecule has 0 fully saturated rings. The third-order valence-corrected chi connectivity index (χ3v) is 4.82. The van der Waals surface area contributed by atoms with E-state index < -0.39 is 6.04 Å². The highest BCUT2D eigenvalue weighted by molar-refractivity contribution is 7.98. The summed E-state index contributed by atoms with van der Waals surface area (Å²) < 4.78 is 10.6. The summed E-state index contributed by atoms with van der Waals surface area (Å²) in [6.07, 6.45) is 2.54. The Kier molecular flexibility index (Phi) is 6.59. The maximum Gasteiger partial charge on any atom is 0.251 e. The maximum atomic E-state index is 12.6. The second kappa shape index (κ2) is 9.32. The van der Waals surface area contributed by atoms with Gasteiger partial charge in [-0.15, -0.1) is 0 Å². The van der Waals surface area contributed by atoms with Gasteiger partial charge in [-0.3, -0.25) is 9.59 Å². The van der Waals surface area contributed by atoms with E-state index in [0.717, 1.165) is 11.3 Å². The third-order valence-electron chi connectivity index (χ3n) is 4.17. The number of rotatable bonds is 8. The molecule has 2 aromatic carbocycles. The molecule has 1 heterocycles. The maximum absolute atomic E-state index is 12.6. The molecule has 0 radical (unpaired) electrons. The van der Waals surface area contributed by atoms with E-state index in [1.54, 1.807) is 36.0 Å². The molecule has 0 saturated heterocycles. The molecule has 0 aliphatic carbocycles. The number of ether oxygens (including phenoxy) is 2. The zero-order chi connectivity index (χ0) is 19.1. The fraction of sp³-hybridized carbons (Fsp3) is 0.300. The highest BCUT2D eigenvalue weighted by atomic mass is 32.2. The topological polar surface area (TPSA) is 76.7 Å². The van der Waals surface area contributed by atoms with Crippen LogP contribution in [0.1, 0.15) is 22.3 Å². The lowest BCUT2D eigenvalue weighted by Gasteiger charge is -2.18. The van der Waals surface area contributed by atoms with E-state index in [4.69, 9.17) is 9.47 Å². The molecule has 0 aromatic heterocycles. The first-order chi connectivity index (χ1) is 13.2. The Morgan fingerprint density at radius 3 is 2.67 bits per heavy atom. The van der Waals surface area contributed by atoms with Crippen molar-refractivity contribution >= 4 is 23.6 Å². The lowest BCUT2D eigenvalue weighted by atomic mass is 10.1. The zero-order valence-electron chi connectivity index (χ0n) is 15.1. The van der Waals surface area contributed by atoms with Crippen LogP contribution in [0.25, 0.3) is 0 Å². The molecule has 2 amide bonds. The van der Waals surface area contributed by atoms with Crippen molar-refractivity contribution in [1.29, 1.82) is 0 Å². The van der Waals surface area contributed by atoms with Crippen molar-refractivity contribution in [2.75, 3.05) is 18.8 Å². The molecule has 6 nitrogen and oxygen atoms in total. The van der Waals surface area contributed by atoms with E-state index in [0.29, 0.717) is 30.0 Å². The number of hydrogen-bond acceptors (Lipinski definition) is 5. The Bertz CT molecular complexity index is 798. The molecule has 0 bridgehead atoms. The molecule has 142 valence electrons. The molecule has 0 unspecified atom stereocenters. The summed E-state index contributed by atoms with van der Waals surface area (Å²) >= 11 is 1.64. The van der Waals surface area contributed by atoms with E-state index >= 15 is 0 Å². The van der Waals surface area contributed by atoms with Crippen LogP contribution in [0.4, 0.5) is 0 Å². The van der Waals surface area contributed by atoms with Crippen LogP contribution in [-0.2, 0) is 11.3 Å². The van der Waals surface area contributed by atoms with Crippen molar-refractivity contribution in [3.63, 3.8) is 0 Å². The van der Waals surface area contributed by atoms with Crippen LogP contribution >= 0.6 is 11.8 Å². The molecular formula is C20H22N2O4S. The minimum atomic E-state index is -0.584. The molecular weight excluding hydrogens is 364 g/mol. The normalized spacial score (nSPS) is 13.1. The van der Waals surface area contributed by atoms with Gasteiger partial charge >= 0.3 is 0 Å². The molecule has 1 atom stereocenters. The Balaban J connectivity index is 1.60. The van der Waals surface area contributed by atoms with Gasteiger partial charge in [-0.2, -0.15) is 11.8 Å². The summed E-state index contributed by atoms with van der Waals surface area (Å²) in [5, 5.41) is 5.73. The molecule has 27 heavy (non-hydrogen) atoms. The van der Waals surface area contributed by atoms with Crippen LogP contribution in [0.5, 0.6) is 11.5 Å². The number of amides is 2. The van der Waals surface area contributed by atoms with Gasteiger partial charge < -0.3 is 20.1 Å². The van der Waals surface area contributed by atoms with E-state index in [1.165, 1.54) is 0 Å². The van der Waals surface area contributed by atoms with Crippen molar-refractivity contribution in [2.45, 2.75) is 19.0 Å². The molecule has 0 spiro atoms. The molecule has 7 heteroatoms. The Hall–Kier alpha value is -2.67. The third kappa shape index (κ3) is 5.17. The van der Waals surface area contributed by atoms with Gasteiger partial charge in [-0.05, 0) is 48.3 Å². The van der Waals surface area contributed by atoms with Crippen molar-refractivity contribution in [2.24, 2.45) is 0 Å². The molecule has 0 saturated carbocycles. The van der Waals surface area contributed by atoms with E-state index in [-0.39, 0.29) is 18.6 Å². The van der Waals surface area contributed by atoms with Gasteiger partial charge in [0.05, 0.1) is 0 Å². The minimum Gasteiger partial charge on any atom is -0.454 e. The van der Waals surface area contributed by atoms with Gasteiger partial charge in [0.25, 0.3) is 5.91 Å². The molecule has 1 aliphatic heterocycles. The largest absolute Gasteiger partial charge is 0.454 e. The fourth-order valence-electron chi connectivity index (χ4n) is 2.70. The Morgan fingerprint density at radius 1 is 1.11 bits per heavy atom. The summed E-state index contributed by atoms with van der Waals surface area (Å²) in [5.74, 6) is 1.71. The zero-order valence-corrected chi connectivity index (χ0v) is 15.9. The van der Waals surface area contributed by atoms with Crippen molar-refractivity contribution in [3.05, 3.63) is 59.7 Å². The van der Waals surface area contributed by atoms with Crippen molar-refractivity contribution < 1.29 is 19.1 Å². The van der Waals surface area contributed by atoms with Gasteiger partial charge in [0.1, 0.15) is 6.04 Å². The summed E-state index contributed by atoms with van der Waals surface area (Å²) in [7, 11) is 0. The minimum absolute atomic E-state index is 0.203. The van der Waals surface area contributed by atoms with E-state index in [1.807, 2.05) is 30.5 Å². The highest BCUT2D eigenvalue weighted by Gasteiger charge is 2.21. The number of benzene rings is 2. The van der Waals surface area contributed by atoms with E-state index in [9.17, 15) is 9.59 Å². The Morgan fingerprint density at radius 2 is 1.89 bits per heavy atom. The van der Waals surface area contributed by atoms with Crippen LogP contribution in [0.2, 0.25) is 0 Å². The molecule has 1 aliphatic rings. The average Bonchev–Trinajstić information content (AvgIpc) is 3.17. The van der Waals surface area contributed by atoms with Crippen LogP contribution in [-0.4, -0.2) is 36.7 Å². The van der Waals surface area contributed by atoms with Gasteiger partial charge in [-0.25, -0.2) is 0 Å². The molecule has 2 N–H and O–H groups in total. The second-order valence-electron chi connectivity index (χ2n) is 6.08. The number of carbonyl (C=O) groups excluding carboxylic acids is 2. The van der Waals surface area contributed by atoms with Crippen LogP contribution < -0.4 is 20.1 Å². The molecule has 3 rings (SSSR count). The lowest BCUT2D eigenvalue weighted by molar-refractivity contribution is -0.123. The quantitative estimate of drug-likeness (QED) is 0.729. The van der Waals surface area contributed by atoms with Gasteiger partial charge in [-0.1, -0.05) is 24.3 Å². The number of carbonyl (C=O) groups is 2. The SMILES string of the molecule is CSCC[C@H](NC(=O)c1ccccc1)C(=O)NCc1ccc2c(c1)OCO2. The lowest BCUT2D eigenvalue weighted by Crippen LogP contribution is -2.46. The summed E-state index contributed by atoms with van der Waals surface area (Å²) in [5.41, 5.74) is 1.45. The van der Waals surface area contributed by atoms with Crippen LogP contribution in [0.15, 0.2) is 48.5 Å². The predicted octanol–water partition coefficient (Wildman–Crippen LogP) is 2.58. The fourth-order valence-corrected chi connectivity index (χ4v) is 3.17. The van der Waals surface area contributed by atoms with E-state index in [2.05, 4.69) is 10.6 Å². The molecule has 2 aromatic rings. The summed E-state index contributed by atoms with van der Waals surface area (Å²) in [6.45, 7) is 0.569. The number of hydrogen-bond donors (Lipinski definition) is 2. The summed E-state index contributed by atoms with van der Waals surface area (Å²) in [4.78, 5) is 25.0. The first-order valence-electron chi connectivity index (χ1n) is 8.68. The number of fused-ring (bicyclic) bond motifs is 1. The summed E-state index contributed by atoms with van der Waals surface area (Å²) in [6, 6.07) is 13.9. The van der Waals surface area contributed by atoms with Gasteiger partial charge in [0.15, 0.2) is 11.5 Å².